The number of rotatable bonds is 0. The monoisotopic (exact) mass is 670 g/mol. The zero-order valence-corrected chi connectivity index (χ0v) is 14.4. The molecule has 0 fully saturated rings. The molecule has 0 heterocycles. The molecule has 0 aliphatic rings. The third kappa shape index (κ3) is 43.0. The van der Waals surface area contributed by atoms with Gasteiger partial charge in [-0.15, -0.1) is 0 Å². The summed E-state index contributed by atoms with van der Waals surface area (Å²) >= 11 is 0. The fourth-order valence-corrected chi connectivity index (χ4v) is 0. The summed E-state index contributed by atoms with van der Waals surface area (Å²) < 4.78 is 0. The third-order valence-electron chi connectivity index (χ3n) is 0. The summed E-state index contributed by atoms with van der Waals surface area (Å²) in [5.74, 6) is 0. The van der Waals surface area contributed by atoms with Gasteiger partial charge < -0.3 is 102 Å². The SMILES string of the molecule is [Br-].[Br-].[Br-].[Br-].[Br-].[Br-].[H+].[H+].[Pt+4]. The molecule has 0 saturated heterocycles. The van der Waals surface area contributed by atoms with E-state index in [1.807, 2.05) is 0 Å². The summed E-state index contributed by atoms with van der Waals surface area (Å²) in [5.41, 5.74) is 0. The summed E-state index contributed by atoms with van der Waals surface area (Å²) in [6.07, 6.45) is 0. The second kappa shape index (κ2) is 55.2. The van der Waals surface area contributed by atoms with E-state index in [1.54, 1.807) is 0 Å². The molecule has 7 heavy (non-hydrogen) atoms. The molecule has 7 heteroatoms. The molecule has 0 aliphatic heterocycles. The van der Waals surface area contributed by atoms with Crippen LogP contribution in [0.4, 0.5) is 0 Å². The van der Waals surface area contributed by atoms with Crippen LogP contribution < -0.4 is 102 Å². The first-order valence-corrected chi connectivity index (χ1v) is 0. The third-order valence-corrected chi connectivity index (χ3v) is 0. The Morgan fingerprint density at radius 3 is 0.429 bits per heavy atom. The Labute approximate surface area is 124 Å². The maximum atomic E-state index is 0. The van der Waals surface area contributed by atoms with Gasteiger partial charge in [0.2, 0.25) is 0 Å². The summed E-state index contributed by atoms with van der Waals surface area (Å²) in [5, 5.41) is 0. The van der Waals surface area contributed by atoms with Crippen molar-refractivity contribution in [3.05, 3.63) is 0 Å². The van der Waals surface area contributed by atoms with Crippen LogP contribution in [-0.4, -0.2) is 0 Å². The first-order valence-electron chi connectivity index (χ1n) is 0. The van der Waals surface area contributed by atoms with Gasteiger partial charge in [0.05, 0.1) is 0 Å². The standard InChI is InChI=1S/6BrH.Pt/h6*1H;/q;;;;;;+4/p-4. The van der Waals surface area contributed by atoms with Crippen LogP contribution >= 0.6 is 0 Å². The van der Waals surface area contributed by atoms with Gasteiger partial charge in [0.15, 0.2) is 0 Å². The molecule has 0 saturated carbocycles. The Balaban J connectivity index is 0. The average Bonchev–Trinajstić information content (AvgIpc) is 0. The molecule has 0 amide bonds. The van der Waals surface area contributed by atoms with Crippen LogP contribution in [-0.2, 0) is 21.1 Å². The summed E-state index contributed by atoms with van der Waals surface area (Å²) in [7, 11) is 0. The molecule has 0 N–H and O–H groups in total. The van der Waals surface area contributed by atoms with Crippen LogP contribution in [0.5, 0.6) is 0 Å². The second-order valence-corrected chi connectivity index (χ2v) is 0. The van der Waals surface area contributed by atoms with Crippen molar-refractivity contribution in [1.82, 2.24) is 0 Å². The smallest absolute Gasteiger partial charge is 1.00 e. The maximum absolute atomic E-state index is 0. The van der Waals surface area contributed by atoms with Gasteiger partial charge in [-0.25, -0.2) is 0 Å². The molecular weight excluding hydrogens is 675 g/mol. The van der Waals surface area contributed by atoms with Crippen LogP contribution in [0.15, 0.2) is 0 Å². The van der Waals surface area contributed by atoms with Gasteiger partial charge in [0.1, 0.15) is 0 Å². The number of hydrogen-bond acceptors (Lipinski definition) is 0. The van der Waals surface area contributed by atoms with E-state index in [1.165, 1.54) is 0 Å². The number of halogens is 6. The van der Waals surface area contributed by atoms with Gasteiger partial charge in [0, 0.05) is 0 Å². The molecule has 0 nitrogen and oxygen atoms in total. The zero-order valence-electron chi connectivity index (χ0n) is 4.58. The minimum atomic E-state index is 0. The molecule has 0 spiro atoms. The van der Waals surface area contributed by atoms with E-state index < -0.39 is 0 Å². The van der Waals surface area contributed by atoms with Crippen LogP contribution in [0, 0.1) is 0 Å². The minimum absolute atomic E-state index is 0. The van der Waals surface area contributed by atoms with Crippen molar-refractivity contribution >= 4 is 0 Å². The molecule has 0 aliphatic carbocycles. The molecule has 0 bridgehead atoms. The van der Waals surface area contributed by atoms with Crippen molar-refractivity contribution in [3.63, 3.8) is 0 Å². The topological polar surface area (TPSA) is 0 Å². The Bertz CT molecular complexity index is 11.0. The molecule has 0 radical (unpaired) electrons. The largest absolute Gasteiger partial charge is 4.00 e. The van der Waals surface area contributed by atoms with E-state index >= 15 is 0 Å². The van der Waals surface area contributed by atoms with E-state index in [0.717, 1.165) is 0 Å². The average molecular weight is 677 g/mol. The van der Waals surface area contributed by atoms with E-state index in [4.69, 9.17) is 0 Å². The number of hydrogen-bond donors (Lipinski definition) is 0. The molecule has 54 valence electrons. The van der Waals surface area contributed by atoms with E-state index in [2.05, 4.69) is 0 Å². The fraction of sp³-hybridized carbons (Fsp3) is 0. The minimum Gasteiger partial charge on any atom is -1.00 e. The van der Waals surface area contributed by atoms with Crippen LogP contribution in [0.3, 0.4) is 0 Å². The normalized spacial score (nSPS) is 0. The Kier molecular flexibility index (Phi) is 599. The van der Waals surface area contributed by atoms with Crippen LogP contribution in [0.1, 0.15) is 2.85 Å². The van der Waals surface area contributed by atoms with Crippen molar-refractivity contribution in [3.8, 4) is 0 Å². The predicted molar refractivity (Wildman–Crippen MR) is 2.22 cm³/mol. The van der Waals surface area contributed by atoms with Gasteiger partial charge in [-0.2, -0.15) is 0 Å². The van der Waals surface area contributed by atoms with E-state index in [0.29, 0.717) is 0 Å². The first kappa shape index (κ1) is 76.0. The zero-order chi connectivity index (χ0) is 0. The van der Waals surface area contributed by atoms with Crippen molar-refractivity contribution in [2.24, 2.45) is 0 Å². The second-order valence-electron chi connectivity index (χ2n) is 0. The summed E-state index contributed by atoms with van der Waals surface area (Å²) in [6.45, 7) is 0. The molecule has 0 rings (SSSR count). The Hall–Kier alpha value is 3.57. The molecular formula is H2Br6Pt. The first-order chi connectivity index (χ1) is 0. The summed E-state index contributed by atoms with van der Waals surface area (Å²) in [6, 6.07) is 0. The maximum Gasteiger partial charge on any atom is 4.00 e. The quantitative estimate of drug-likeness (QED) is 0.240. The van der Waals surface area contributed by atoms with Crippen molar-refractivity contribution in [1.29, 1.82) is 0 Å². The molecule has 0 aromatic rings. The Morgan fingerprint density at radius 1 is 0.429 bits per heavy atom. The molecule has 0 unspecified atom stereocenters. The molecule has 0 atom stereocenters. The van der Waals surface area contributed by atoms with E-state index in [9.17, 15) is 0 Å². The Morgan fingerprint density at radius 2 is 0.429 bits per heavy atom. The van der Waals surface area contributed by atoms with Crippen LogP contribution in [0.25, 0.3) is 0 Å². The van der Waals surface area contributed by atoms with Crippen molar-refractivity contribution in [2.75, 3.05) is 0 Å². The fourth-order valence-electron chi connectivity index (χ4n) is 0. The van der Waals surface area contributed by atoms with E-state index in [-0.39, 0.29) is 126 Å². The van der Waals surface area contributed by atoms with Gasteiger partial charge in [0.25, 0.3) is 0 Å². The molecule has 0 aromatic heterocycles. The van der Waals surface area contributed by atoms with Crippen molar-refractivity contribution < 1.29 is 126 Å². The predicted octanol–water partition coefficient (Wildman–Crippen LogP) is -17.8. The van der Waals surface area contributed by atoms with Gasteiger partial charge >= 0.3 is 23.9 Å². The van der Waals surface area contributed by atoms with Gasteiger partial charge in [-0.1, -0.05) is 0 Å². The summed E-state index contributed by atoms with van der Waals surface area (Å²) in [4.78, 5) is 0. The van der Waals surface area contributed by atoms with Gasteiger partial charge in [-0.3, -0.25) is 0 Å². The van der Waals surface area contributed by atoms with Crippen molar-refractivity contribution in [2.45, 2.75) is 0 Å². The van der Waals surface area contributed by atoms with Gasteiger partial charge in [-0.05, 0) is 0 Å². The molecule has 0 aromatic carbocycles. The van der Waals surface area contributed by atoms with Crippen LogP contribution in [0.2, 0.25) is 0 Å².